The maximum absolute atomic E-state index is 11.2. The number of rotatable bonds is 6. The van der Waals surface area contributed by atoms with Crippen molar-refractivity contribution in [2.75, 3.05) is 24.4 Å². The summed E-state index contributed by atoms with van der Waals surface area (Å²) in [5, 5.41) is 3.08. The topological polar surface area (TPSA) is 41.6 Å². The smallest absolute Gasteiger partial charge is 0.214 e. The number of anilines is 2. The molecule has 0 heterocycles. The van der Waals surface area contributed by atoms with E-state index in [0.29, 0.717) is 0 Å². The van der Waals surface area contributed by atoms with Gasteiger partial charge >= 0.3 is 0 Å². The van der Waals surface area contributed by atoms with Crippen LogP contribution in [0.15, 0.2) is 18.2 Å². The Labute approximate surface area is 103 Å². The number of hydrogen-bond acceptors (Lipinski definition) is 3. The molecule has 0 aliphatic carbocycles. The second kappa shape index (κ2) is 6.13. The molecule has 0 aliphatic heterocycles. The van der Waals surface area contributed by atoms with Crippen LogP contribution < -0.4 is 15.0 Å². The average molecular weight is 236 g/mol. The number of carbonyl (C=O) groups is 1. The van der Waals surface area contributed by atoms with Crippen LogP contribution in [0.25, 0.3) is 0 Å². The third kappa shape index (κ3) is 2.90. The molecule has 1 rings (SSSR count). The molecule has 1 aromatic rings. The second-order valence-corrected chi connectivity index (χ2v) is 3.90. The van der Waals surface area contributed by atoms with Crippen LogP contribution in [0.3, 0.4) is 0 Å². The van der Waals surface area contributed by atoms with E-state index in [4.69, 9.17) is 4.74 Å². The minimum atomic E-state index is 0.159. The standard InChI is InChI=1S/C13H20N2O2/c1-5-10(2)15(9-16)13-8-11(17-4)6-7-12(13)14-3/h6-10,14H,5H2,1-4H3. The fourth-order valence-corrected chi connectivity index (χ4v) is 1.66. The van der Waals surface area contributed by atoms with Crippen LogP contribution >= 0.6 is 0 Å². The monoisotopic (exact) mass is 236 g/mol. The summed E-state index contributed by atoms with van der Waals surface area (Å²) in [4.78, 5) is 12.9. The van der Waals surface area contributed by atoms with Gasteiger partial charge in [-0.1, -0.05) is 6.92 Å². The highest BCUT2D eigenvalue weighted by molar-refractivity contribution is 5.84. The normalized spacial score (nSPS) is 11.8. The molecule has 0 saturated carbocycles. The van der Waals surface area contributed by atoms with Crippen molar-refractivity contribution in [1.82, 2.24) is 0 Å². The van der Waals surface area contributed by atoms with Gasteiger partial charge in [0, 0.05) is 19.2 Å². The SMILES string of the molecule is CCC(C)N(C=O)c1cc(OC)ccc1NC. The molecule has 0 fully saturated rings. The van der Waals surface area contributed by atoms with Crippen LogP contribution in [-0.2, 0) is 4.79 Å². The Morgan fingerprint density at radius 2 is 2.24 bits per heavy atom. The number of nitrogens with one attached hydrogen (secondary N) is 1. The number of nitrogens with zero attached hydrogens (tertiary/aromatic N) is 1. The van der Waals surface area contributed by atoms with E-state index in [1.165, 1.54) is 0 Å². The summed E-state index contributed by atoms with van der Waals surface area (Å²) in [6.45, 7) is 4.08. The first-order valence-electron chi connectivity index (χ1n) is 5.77. The lowest BCUT2D eigenvalue weighted by molar-refractivity contribution is -0.107. The zero-order chi connectivity index (χ0) is 12.8. The Bertz CT molecular complexity index is 380. The fraction of sp³-hybridized carbons (Fsp3) is 0.462. The van der Waals surface area contributed by atoms with Crippen molar-refractivity contribution in [1.29, 1.82) is 0 Å². The molecular weight excluding hydrogens is 216 g/mol. The summed E-state index contributed by atoms with van der Waals surface area (Å²) < 4.78 is 5.19. The molecule has 4 nitrogen and oxygen atoms in total. The van der Waals surface area contributed by atoms with Gasteiger partial charge in [0.15, 0.2) is 0 Å². The van der Waals surface area contributed by atoms with E-state index in [1.54, 1.807) is 12.0 Å². The molecule has 1 atom stereocenters. The van der Waals surface area contributed by atoms with E-state index in [9.17, 15) is 4.79 Å². The van der Waals surface area contributed by atoms with Crippen LogP contribution in [0, 0.1) is 0 Å². The van der Waals surface area contributed by atoms with E-state index in [1.807, 2.05) is 32.2 Å². The predicted molar refractivity (Wildman–Crippen MR) is 70.8 cm³/mol. The molecular formula is C13H20N2O2. The van der Waals surface area contributed by atoms with Gasteiger partial charge in [-0.2, -0.15) is 0 Å². The van der Waals surface area contributed by atoms with Crippen LogP contribution in [-0.4, -0.2) is 26.6 Å². The highest BCUT2D eigenvalue weighted by Gasteiger charge is 2.16. The largest absolute Gasteiger partial charge is 0.497 e. The lowest BCUT2D eigenvalue weighted by Gasteiger charge is -2.26. The Morgan fingerprint density at radius 3 is 2.71 bits per heavy atom. The molecule has 1 aromatic carbocycles. The Morgan fingerprint density at radius 1 is 1.53 bits per heavy atom. The van der Waals surface area contributed by atoms with Crippen molar-refractivity contribution in [2.45, 2.75) is 26.3 Å². The van der Waals surface area contributed by atoms with E-state index >= 15 is 0 Å². The van der Waals surface area contributed by atoms with Crippen molar-refractivity contribution in [3.8, 4) is 5.75 Å². The average Bonchev–Trinajstić information content (AvgIpc) is 2.39. The summed E-state index contributed by atoms with van der Waals surface area (Å²) >= 11 is 0. The number of ether oxygens (including phenoxy) is 1. The maximum Gasteiger partial charge on any atom is 0.214 e. The van der Waals surface area contributed by atoms with Crippen molar-refractivity contribution in [3.63, 3.8) is 0 Å². The summed E-state index contributed by atoms with van der Waals surface area (Å²) in [6.07, 6.45) is 1.77. The van der Waals surface area contributed by atoms with Gasteiger partial charge in [-0.25, -0.2) is 0 Å². The van der Waals surface area contributed by atoms with Gasteiger partial charge in [-0.3, -0.25) is 4.79 Å². The number of amides is 1. The number of methoxy groups -OCH3 is 1. The van der Waals surface area contributed by atoms with Gasteiger partial charge < -0.3 is 15.0 Å². The zero-order valence-corrected chi connectivity index (χ0v) is 10.9. The summed E-state index contributed by atoms with van der Waals surface area (Å²) in [5.74, 6) is 0.745. The molecule has 0 aromatic heterocycles. The van der Waals surface area contributed by atoms with Gasteiger partial charge in [0.2, 0.25) is 6.41 Å². The van der Waals surface area contributed by atoms with Crippen LogP contribution in [0.1, 0.15) is 20.3 Å². The first kappa shape index (κ1) is 13.4. The van der Waals surface area contributed by atoms with Gasteiger partial charge in [0.25, 0.3) is 0 Å². The zero-order valence-electron chi connectivity index (χ0n) is 10.9. The number of hydrogen-bond donors (Lipinski definition) is 1. The fourth-order valence-electron chi connectivity index (χ4n) is 1.66. The minimum Gasteiger partial charge on any atom is -0.497 e. The van der Waals surface area contributed by atoms with Gasteiger partial charge in [0.05, 0.1) is 18.5 Å². The third-order valence-corrected chi connectivity index (χ3v) is 2.93. The first-order valence-corrected chi connectivity index (χ1v) is 5.77. The molecule has 4 heteroatoms. The predicted octanol–water partition coefficient (Wildman–Crippen LogP) is 2.50. The molecule has 94 valence electrons. The van der Waals surface area contributed by atoms with E-state index < -0.39 is 0 Å². The van der Waals surface area contributed by atoms with Gasteiger partial charge in [0.1, 0.15) is 5.75 Å². The lowest BCUT2D eigenvalue weighted by Crippen LogP contribution is -2.31. The highest BCUT2D eigenvalue weighted by Crippen LogP contribution is 2.31. The minimum absolute atomic E-state index is 0.159. The molecule has 17 heavy (non-hydrogen) atoms. The van der Waals surface area contributed by atoms with Gasteiger partial charge in [-0.15, -0.1) is 0 Å². The lowest BCUT2D eigenvalue weighted by atomic mass is 10.1. The van der Waals surface area contributed by atoms with Crippen molar-refractivity contribution >= 4 is 17.8 Å². The molecule has 0 radical (unpaired) electrons. The third-order valence-electron chi connectivity index (χ3n) is 2.93. The summed E-state index contributed by atoms with van der Waals surface area (Å²) in [5.41, 5.74) is 1.76. The van der Waals surface area contributed by atoms with E-state index in [2.05, 4.69) is 12.2 Å². The quantitative estimate of drug-likeness (QED) is 0.772. The van der Waals surface area contributed by atoms with Crippen LogP contribution in [0.4, 0.5) is 11.4 Å². The first-order chi connectivity index (χ1) is 8.17. The molecule has 0 bridgehead atoms. The summed E-state index contributed by atoms with van der Waals surface area (Å²) in [7, 11) is 3.46. The molecule has 1 amide bonds. The van der Waals surface area contributed by atoms with Crippen molar-refractivity contribution in [3.05, 3.63) is 18.2 Å². The van der Waals surface area contributed by atoms with E-state index in [0.717, 1.165) is 30.0 Å². The molecule has 1 unspecified atom stereocenters. The Kier molecular flexibility index (Phi) is 4.82. The van der Waals surface area contributed by atoms with Crippen LogP contribution in [0.2, 0.25) is 0 Å². The van der Waals surface area contributed by atoms with Crippen molar-refractivity contribution < 1.29 is 9.53 Å². The molecule has 0 aliphatic rings. The molecule has 0 saturated heterocycles. The van der Waals surface area contributed by atoms with Gasteiger partial charge in [-0.05, 0) is 25.5 Å². The number of carbonyl (C=O) groups excluding carboxylic acids is 1. The Hall–Kier alpha value is -1.71. The van der Waals surface area contributed by atoms with E-state index in [-0.39, 0.29) is 6.04 Å². The summed E-state index contributed by atoms with van der Waals surface area (Å²) in [6, 6.07) is 5.81. The number of benzene rings is 1. The molecule has 1 N–H and O–H groups in total. The van der Waals surface area contributed by atoms with Crippen molar-refractivity contribution in [2.24, 2.45) is 0 Å². The van der Waals surface area contributed by atoms with Crippen LogP contribution in [0.5, 0.6) is 5.75 Å². The highest BCUT2D eigenvalue weighted by atomic mass is 16.5. The second-order valence-electron chi connectivity index (χ2n) is 3.90. The maximum atomic E-state index is 11.2. The molecule has 0 spiro atoms. The Balaban J connectivity index is 3.19.